The standard InChI is InChI=1S/C14H15NO4/c15-12-4-10(6-16-8-13-2-1-3-18-13)14-11(5-12)7-17-9-19-14/h1-5H,6-9,15H2. The van der Waals surface area contributed by atoms with Gasteiger partial charge in [-0.15, -0.1) is 0 Å². The fourth-order valence-corrected chi connectivity index (χ4v) is 2.09. The van der Waals surface area contributed by atoms with Crippen molar-refractivity contribution in [1.29, 1.82) is 0 Å². The van der Waals surface area contributed by atoms with E-state index < -0.39 is 0 Å². The van der Waals surface area contributed by atoms with Gasteiger partial charge in [0.05, 0.1) is 19.5 Å². The highest BCUT2D eigenvalue weighted by molar-refractivity contribution is 5.53. The van der Waals surface area contributed by atoms with Crippen LogP contribution in [0.2, 0.25) is 0 Å². The molecule has 19 heavy (non-hydrogen) atoms. The van der Waals surface area contributed by atoms with E-state index >= 15 is 0 Å². The Labute approximate surface area is 110 Å². The van der Waals surface area contributed by atoms with Crippen molar-refractivity contribution in [1.82, 2.24) is 0 Å². The van der Waals surface area contributed by atoms with Crippen molar-refractivity contribution in [2.75, 3.05) is 12.5 Å². The zero-order valence-corrected chi connectivity index (χ0v) is 10.4. The second-order valence-electron chi connectivity index (χ2n) is 4.35. The summed E-state index contributed by atoms with van der Waals surface area (Å²) in [5.41, 5.74) is 8.44. The van der Waals surface area contributed by atoms with Crippen molar-refractivity contribution in [3.05, 3.63) is 47.4 Å². The van der Waals surface area contributed by atoms with E-state index in [0.29, 0.717) is 25.5 Å². The SMILES string of the molecule is Nc1cc2c(c(COCc3ccco3)c1)OCOC2. The minimum absolute atomic E-state index is 0.266. The number of rotatable bonds is 4. The van der Waals surface area contributed by atoms with E-state index in [1.807, 2.05) is 24.3 Å². The molecule has 2 N–H and O–H groups in total. The van der Waals surface area contributed by atoms with E-state index in [2.05, 4.69) is 0 Å². The number of fused-ring (bicyclic) bond motifs is 1. The van der Waals surface area contributed by atoms with E-state index in [0.717, 1.165) is 22.6 Å². The van der Waals surface area contributed by atoms with E-state index in [1.165, 1.54) is 0 Å². The number of furan rings is 1. The molecule has 1 aromatic heterocycles. The molecule has 0 amide bonds. The zero-order chi connectivity index (χ0) is 13.1. The smallest absolute Gasteiger partial charge is 0.189 e. The van der Waals surface area contributed by atoms with Crippen LogP contribution in [0.1, 0.15) is 16.9 Å². The Balaban J connectivity index is 1.71. The third kappa shape index (κ3) is 2.72. The molecule has 0 saturated heterocycles. The summed E-state index contributed by atoms with van der Waals surface area (Å²) in [6, 6.07) is 7.44. The predicted octanol–water partition coefficient (Wildman–Crippen LogP) is 2.45. The summed E-state index contributed by atoms with van der Waals surface area (Å²) in [5, 5.41) is 0. The Morgan fingerprint density at radius 2 is 2.21 bits per heavy atom. The van der Waals surface area contributed by atoms with Crippen molar-refractivity contribution in [3.8, 4) is 5.75 Å². The van der Waals surface area contributed by atoms with Crippen LogP contribution in [0.5, 0.6) is 5.75 Å². The number of nitrogens with two attached hydrogens (primary N) is 1. The maximum absolute atomic E-state index is 5.86. The molecule has 0 radical (unpaired) electrons. The summed E-state index contributed by atoms with van der Waals surface area (Å²) in [6.07, 6.45) is 1.63. The van der Waals surface area contributed by atoms with Gasteiger partial charge in [0.1, 0.15) is 18.1 Å². The molecule has 0 bridgehead atoms. The van der Waals surface area contributed by atoms with Gasteiger partial charge in [-0.25, -0.2) is 0 Å². The molecule has 1 aromatic carbocycles. The highest BCUT2D eigenvalue weighted by Gasteiger charge is 2.16. The first-order chi connectivity index (χ1) is 9.33. The van der Waals surface area contributed by atoms with Gasteiger partial charge in [-0.2, -0.15) is 0 Å². The Bertz CT molecular complexity index is 551. The molecule has 0 saturated carbocycles. The van der Waals surface area contributed by atoms with Crippen LogP contribution in [0, 0.1) is 0 Å². The van der Waals surface area contributed by atoms with Crippen molar-refractivity contribution < 1.29 is 18.6 Å². The molecule has 0 fully saturated rings. The minimum atomic E-state index is 0.266. The first-order valence-corrected chi connectivity index (χ1v) is 6.05. The molecule has 1 aliphatic rings. The van der Waals surface area contributed by atoms with Gasteiger partial charge in [-0.3, -0.25) is 0 Å². The number of benzene rings is 1. The number of nitrogen functional groups attached to an aromatic ring is 1. The largest absolute Gasteiger partial charge is 0.467 e. The van der Waals surface area contributed by atoms with Gasteiger partial charge in [0.15, 0.2) is 6.79 Å². The quantitative estimate of drug-likeness (QED) is 0.856. The van der Waals surface area contributed by atoms with Crippen LogP contribution in [0.25, 0.3) is 0 Å². The molecule has 100 valence electrons. The first kappa shape index (κ1) is 12.1. The first-order valence-electron chi connectivity index (χ1n) is 6.05. The number of hydrogen-bond donors (Lipinski definition) is 1. The highest BCUT2D eigenvalue weighted by atomic mass is 16.7. The molecular formula is C14H15NO4. The van der Waals surface area contributed by atoms with Gasteiger partial charge in [0.2, 0.25) is 0 Å². The Hall–Kier alpha value is -1.98. The van der Waals surface area contributed by atoms with Crippen LogP contribution in [0.3, 0.4) is 0 Å². The van der Waals surface area contributed by atoms with Crippen LogP contribution in [-0.2, 0) is 29.3 Å². The second kappa shape index (κ2) is 5.34. The highest BCUT2D eigenvalue weighted by Crippen LogP contribution is 2.31. The van der Waals surface area contributed by atoms with E-state index in [1.54, 1.807) is 6.26 Å². The Kier molecular flexibility index (Phi) is 3.39. The average Bonchev–Trinajstić information content (AvgIpc) is 2.91. The lowest BCUT2D eigenvalue weighted by molar-refractivity contribution is -0.0187. The summed E-state index contributed by atoms with van der Waals surface area (Å²) >= 11 is 0. The molecular weight excluding hydrogens is 246 g/mol. The van der Waals surface area contributed by atoms with Crippen LogP contribution < -0.4 is 10.5 Å². The minimum Gasteiger partial charge on any atom is -0.467 e. The second-order valence-corrected chi connectivity index (χ2v) is 4.35. The average molecular weight is 261 g/mol. The third-order valence-electron chi connectivity index (χ3n) is 2.89. The van der Waals surface area contributed by atoms with Gasteiger partial charge >= 0.3 is 0 Å². The van der Waals surface area contributed by atoms with Crippen molar-refractivity contribution in [2.45, 2.75) is 19.8 Å². The van der Waals surface area contributed by atoms with Crippen molar-refractivity contribution in [3.63, 3.8) is 0 Å². The van der Waals surface area contributed by atoms with Gasteiger partial charge < -0.3 is 24.4 Å². The lowest BCUT2D eigenvalue weighted by Crippen LogP contribution is -2.14. The fraction of sp³-hybridized carbons (Fsp3) is 0.286. The molecule has 5 nitrogen and oxygen atoms in total. The van der Waals surface area contributed by atoms with E-state index in [-0.39, 0.29) is 6.79 Å². The fourth-order valence-electron chi connectivity index (χ4n) is 2.09. The Morgan fingerprint density at radius 3 is 3.05 bits per heavy atom. The molecule has 0 atom stereocenters. The summed E-state index contributed by atoms with van der Waals surface area (Å²) in [4.78, 5) is 0. The summed E-state index contributed by atoms with van der Waals surface area (Å²) < 4.78 is 21.6. The maximum Gasteiger partial charge on any atom is 0.189 e. The molecule has 5 heteroatoms. The summed E-state index contributed by atoms with van der Waals surface area (Å²) in [6.45, 7) is 1.63. The summed E-state index contributed by atoms with van der Waals surface area (Å²) in [5.74, 6) is 1.61. The van der Waals surface area contributed by atoms with Gasteiger partial charge in [0.25, 0.3) is 0 Å². The van der Waals surface area contributed by atoms with Crippen LogP contribution in [0.4, 0.5) is 5.69 Å². The molecule has 1 aliphatic heterocycles. The molecule has 2 aromatic rings. The lowest BCUT2D eigenvalue weighted by Gasteiger charge is -2.21. The van der Waals surface area contributed by atoms with Crippen molar-refractivity contribution >= 4 is 5.69 Å². The molecule has 0 unspecified atom stereocenters. The molecule has 3 rings (SSSR count). The molecule has 0 spiro atoms. The lowest BCUT2D eigenvalue weighted by atomic mass is 10.1. The third-order valence-corrected chi connectivity index (χ3v) is 2.89. The topological polar surface area (TPSA) is 66.9 Å². The van der Waals surface area contributed by atoms with Crippen LogP contribution in [-0.4, -0.2) is 6.79 Å². The Morgan fingerprint density at radius 1 is 1.26 bits per heavy atom. The van der Waals surface area contributed by atoms with Gasteiger partial charge in [-0.05, 0) is 24.3 Å². The monoisotopic (exact) mass is 261 g/mol. The van der Waals surface area contributed by atoms with E-state index in [9.17, 15) is 0 Å². The van der Waals surface area contributed by atoms with Crippen LogP contribution >= 0.6 is 0 Å². The summed E-state index contributed by atoms with van der Waals surface area (Å²) in [7, 11) is 0. The zero-order valence-electron chi connectivity index (χ0n) is 10.4. The van der Waals surface area contributed by atoms with Crippen molar-refractivity contribution in [2.24, 2.45) is 0 Å². The van der Waals surface area contributed by atoms with Crippen LogP contribution in [0.15, 0.2) is 34.9 Å². The van der Waals surface area contributed by atoms with E-state index in [4.69, 9.17) is 24.4 Å². The maximum atomic E-state index is 5.86. The van der Waals surface area contributed by atoms with Gasteiger partial charge in [-0.1, -0.05) is 0 Å². The molecule has 0 aliphatic carbocycles. The number of anilines is 1. The number of ether oxygens (including phenoxy) is 3. The number of hydrogen-bond acceptors (Lipinski definition) is 5. The van der Waals surface area contributed by atoms with Gasteiger partial charge in [0, 0.05) is 16.8 Å². The molecule has 2 heterocycles. The normalized spacial score (nSPS) is 13.9. The predicted molar refractivity (Wildman–Crippen MR) is 68.3 cm³/mol.